The van der Waals surface area contributed by atoms with Crippen LogP contribution in [0, 0.1) is 6.92 Å². The van der Waals surface area contributed by atoms with Crippen LogP contribution < -0.4 is 15.6 Å². The molecule has 0 aliphatic carbocycles. The number of rotatable bonds is 3. The Morgan fingerprint density at radius 2 is 1.83 bits per heavy atom. The van der Waals surface area contributed by atoms with E-state index in [1.165, 1.54) is 0 Å². The first-order valence-electron chi connectivity index (χ1n) is 9.04. The van der Waals surface area contributed by atoms with Gasteiger partial charge in [0.25, 0.3) is 5.56 Å². The number of fused-ring (bicyclic) bond motifs is 2. The zero-order chi connectivity index (χ0) is 20.0. The molecule has 0 spiro atoms. The van der Waals surface area contributed by atoms with Crippen LogP contribution in [0.3, 0.4) is 0 Å². The molecule has 0 amide bonds. The van der Waals surface area contributed by atoms with Crippen molar-refractivity contribution >= 4 is 11.6 Å². The molecule has 2 aromatic heterocycles. The third-order valence-corrected chi connectivity index (χ3v) is 5.02. The molecule has 9 heteroatoms. The van der Waals surface area contributed by atoms with Crippen molar-refractivity contribution in [3.05, 3.63) is 75.6 Å². The molecular formula is C20H17N7O2. The molecule has 0 saturated carbocycles. The van der Waals surface area contributed by atoms with E-state index in [1.54, 1.807) is 11.8 Å². The van der Waals surface area contributed by atoms with Gasteiger partial charge < -0.3 is 10.1 Å². The number of aromatic amines is 1. The molecule has 0 unspecified atom stereocenters. The minimum Gasteiger partial charge on any atom is -0.497 e. The minimum atomic E-state index is -0.423. The lowest BCUT2D eigenvalue weighted by atomic mass is 9.92. The number of anilines is 2. The normalized spacial score (nSPS) is 14.6. The first-order valence-corrected chi connectivity index (χ1v) is 9.04. The number of benzene rings is 2. The van der Waals surface area contributed by atoms with Gasteiger partial charge in [0.2, 0.25) is 5.95 Å². The zero-order valence-corrected chi connectivity index (χ0v) is 15.7. The first-order chi connectivity index (χ1) is 14.2. The molecule has 0 fully saturated rings. The molecule has 5 rings (SSSR count). The van der Waals surface area contributed by atoms with E-state index in [-0.39, 0.29) is 5.56 Å². The summed E-state index contributed by atoms with van der Waals surface area (Å²) in [7, 11) is 1.62. The number of nitrogens with zero attached hydrogens (tertiary/aromatic N) is 5. The molecule has 1 aliphatic rings. The highest BCUT2D eigenvalue weighted by atomic mass is 16.5. The number of aromatic nitrogens is 6. The number of aryl methyl sites for hydroxylation is 1. The Labute approximate surface area is 165 Å². The smallest absolute Gasteiger partial charge is 0.288 e. The highest BCUT2D eigenvalue weighted by molar-refractivity contribution is 5.75. The van der Waals surface area contributed by atoms with E-state index in [9.17, 15) is 4.79 Å². The van der Waals surface area contributed by atoms with Crippen molar-refractivity contribution in [2.24, 2.45) is 0 Å². The fourth-order valence-electron chi connectivity index (χ4n) is 3.56. The molecule has 29 heavy (non-hydrogen) atoms. The summed E-state index contributed by atoms with van der Waals surface area (Å²) in [6.07, 6.45) is 0. The van der Waals surface area contributed by atoms with Gasteiger partial charge in [-0.2, -0.15) is 9.78 Å². The summed E-state index contributed by atoms with van der Waals surface area (Å²) in [6.45, 7) is 2.02. The van der Waals surface area contributed by atoms with Gasteiger partial charge in [0.1, 0.15) is 17.5 Å². The molecule has 0 bridgehead atoms. The summed E-state index contributed by atoms with van der Waals surface area (Å²) in [5.41, 5.74) is 4.36. The van der Waals surface area contributed by atoms with Gasteiger partial charge in [-0.25, -0.2) is 5.10 Å². The minimum absolute atomic E-state index is 0.330. The second-order valence-electron chi connectivity index (χ2n) is 6.80. The standard InChI is InChI=1S/C20H17N7O2/c1-11-3-5-12(6-4-11)16-15-17(19(28)23-22-16)21-20-24-25-26-27(20)18(15)13-7-9-14(29-2)10-8-13/h3-10,18H,1-2H3,(H,23,28)(H,21,24,26)/t18-/m1/s1. The summed E-state index contributed by atoms with van der Waals surface area (Å²) in [5.74, 6) is 1.13. The number of ether oxygens (including phenoxy) is 1. The lowest BCUT2D eigenvalue weighted by molar-refractivity contribution is 0.414. The van der Waals surface area contributed by atoms with Gasteiger partial charge in [0.15, 0.2) is 0 Å². The van der Waals surface area contributed by atoms with Crippen LogP contribution in [-0.4, -0.2) is 37.5 Å². The quantitative estimate of drug-likeness (QED) is 0.489. The molecule has 144 valence electrons. The van der Waals surface area contributed by atoms with Crippen LogP contribution in [0.25, 0.3) is 11.3 Å². The summed E-state index contributed by atoms with van der Waals surface area (Å²) in [4.78, 5) is 12.6. The molecule has 1 aliphatic heterocycles. The van der Waals surface area contributed by atoms with Crippen molar-refractivity contribution in [2.75, 3.05) is 12.4 Å². The maximum atomic E-state index is 12.6. The van der Waals surface area contributed by atoms with Crippen LogP contribution in [0.1, 0.15) is 22.7 Å². The SMILES string of the molecule is COc1ccc([C@@H]2c3c(-c4ccc(C)cc4)n[nH]c(=O)c3Nc3nnnn32)cc1. The average molecular weight is 387 g/mol. The van der Waals surface area contributed by atoms with Crippen molar-refractivity contribution in [3.8, 4) is 17.0 Å². The van der Waals surface area contributed by atoms with Gasteiger partial charge in [-0.05, 0) is 35.0 Å². The van der Waals surface area contributed by atoms with Gasteiger partial charge in [0, 0.05) is 11.1 Å². The Morgan fingerprint density at radius 1 is 1.07 bits per heavy atom. The summed E-state index contributed by atoms with van der Waals surface area (Å²) >= 11 is 0. The predicted octanol–water partition coefficient (Wildman–Crippen LogP) is 2.44. The summed E-state index contributed by atoms with van der Waals surface area (Å²) < 4.78 is 6.93. The molecule has 0 radical (unpaired) electrons. The maximum absolute atomic E-state index is 12.6. The van der Waals surface area contributed by atoms with Gasteiger partial charge in [-0.1, -0.05) is 47.1 Å². The molecule has 4 aromatic rings. The number of methoxy groups -OCH3 is 1. The van der Waals surface area contributed by atoms with Crippen molar-refractivity contribution < 1.29 is 4.74 Å². The Balaban J connectivity index is 1.78. The largest absolute Gasteiger partial charge is 0.497 e. The highest BCUT2D eigenvalue weighted by Gasteiger charge is 2.34. The average Bonchev–Trinajstić information content (AvgIpc) is 3.22. The van der Waals surface area contributed by atoms with E-state index in [0.717, 1.165) is 22.4 Å². The van der Waals surface area contributed by atoms with E-state index in [0.29, 0.717) is 22.9 Å². The highest BCUT2D eigenvalue weighted by Crippen LogP contribution is 2.41. The third-order valence-electron chi connectivity index (χ3n) is 5.02. The van der Waals surface area contributed by atoms with Crippen LogP contribution in [-0.2, 0) is 0 Å². The Morgan fingerprint density at radius 3 is 2.55 bits per heavy atom. The molecule has 9 nitrogen and oxygen atoms in total. The van der Waals surface area contributed by atoms with Gasteiger partial charge in [0.05, 0.1) is 12.8 Å². The predicted molar refractivity (Wildman–Crippen MR) is 106 cm³/mol. The van der Waals surface area contributed by atoms with E-state index in [2.05, 4.69) is 31.0 Å². The van der Waals surface area contributed by atoms with Crippen molar-refractivity contribution in [2.45, 2.75) is 13.0 Å². The van der Waals surface area contributed by atoms with Gasteiger partial charge >= 0.3 is 0 Å². The van der Waals surface area contributed by atoms with E-state index in [1.807, 2.05) is 55.5 Å². The van der Waals surface area contributed by atoms with E-state index in [4.69, 9.17) is 4.74 Å². The van der Waals surface area contributed by atoms with Crippen LogP contribution in [0.15, 0.2) is 53.3 Å². The summed E-state index contributed by atoms with van der Waals surface area (Å²) in [5, 5.41) is 22.0. The Bertz CT molecular complexity index is 1240. The third kappa shape index (κ3) is 2.75. The second-order valence-corrected chi connectivity index (χ2v) is 6.80. The monoisotopic (exact) mass is 387 g/mol. The fraction of sp³-hybridized carbons (Fsp3) is 0.150. The van der Waals surface area contributed by atoms with Crippen molar-refractivity contribution in [1.29, 1.82) is 0 Å². The van der Waals surface area contributed by atoms with Crippen LogP contribution >= 0.6 is 0 Å². The number of H-pyrrole nitrogens is 1. The number of hydrogen-bond donors (Lipinski definition) is 2. The molecular weight excluding hydrogens is 370 g/mol. The lowest BCUT2D eigenvalue weighted by Crippen LogP contribution is -2.29. The van der Waals surface area contributed by atoms with Crippen molar-refractivity contribution in [3.63, 3.8) is 0 Å². The molecule has 1 atom stereocenters. The molecule has 2 aromatic carbocycles. The van der Waals surface area contributed by atoms with Gasteiger partial charge in [-0.3, -0.25) is 4.79 Å². The van der Waals surface area contributed by atoms with E-state index < -0.39 is 6.04 Å². The second kappa shape index (κ2) is 6.55. The number of nitrogens with one attached hydrogen (secondary N) is 2. The number of tetrazole rings is 1. The summed E-state index contributed by atoms with van der Waals surface area (Å²) in [6, 6.07) is 15.2. The lowest BCUT2D eigenvalue weighted by Gasteiger charge is -2.27. The van der Waals surface area contributed by atoms with Crippen molar-refractivity contribution in [1.82, 2.24) is 30.4 Å². The molecule has 3 heterocycles. The molecule has 2 N–H and O–H groups in total. The first kappa shape index (κ1) is 17.1. The van der Waals surface area contributed by atoms with Crippen LogP contribution in [0.4, 0.5) is 11.6 Å². The Hall–Kier alpha value is -4.01. The zero-order valence-electron chi connectivity index (χ0n) is 15.7. The fourth-order valence-corrected chi connectivity index (χ4v) is 3.56. The van der Waals surface area contributed by atoms with Gasteiger partial charge in [-0.15, -0.1) is 0 Å². The van der Waals surface area contributed by atoms with Crippen LogP contribution in [0.2, 0.25) is 0 Å². The topological polar surface area (TPSA) is 111 Å². The number of hydrogen-bond acceptors (Lipinski definition) is 7. The maximum Gasteiger partial charge on any atom is 0.288 e. The van der Waals surface area contributed by atoms with Crippen LogP contribution in [0.5, 0.6) is 5.75 Å². The Kier molecular flexibility index (Phi) is 3.87. The van der Waals surface area contributed by atoms with E-state index >= 15 is 0 Å². The molecule has 0 saturated heterocycles.